The molecule has 1 heterocycles. The topological polar surface area (TPSA) is 41.6 Å². The van der Waals surface area contributed by atoms with Crippen LogP contribution < -0.4 is 5.32 Å². The summed E-state index contributed by atoms with van der Waals surface area (Å²) in [6.45, 7) is 11.3. The number of hydrogen-bond donors (Lipinski definition) is 1. The maximum atomic E-state index is 12.1. The molecule has 1 N–H and O–H groups in total. The van der Waals surface area contributed by atoms with E-state index in [4.69, 9.17) is 4.74 Å². The quantitative estimate of drug-likeness (QED) is 0.761. The Balaban J connectivity index is 2.67. The molecule has 118 valence electrons. The number of methoxy groups -OCH3 is 1. The number of rotatable bonds is 6. The molecule has 0 aromatic rings. The van der Waals surface area contributed by atoms with Crippen LogP contribution in [0.1, 0.15) is 53.4 Å². The van der Waals surface area contributed by atoms with Gasteiger partial charge in [0, 0.05) is 12.6 Å². The van der Waals surface area contributed by atoms with Crippen LogP contribution in [0.25, 0.3) is 0 Å². The van der Waals surface area contributed by atoms with Crippen molar-refractivity contribution in [1.29, 1.82) is 0 Å². The third kappa shape index (κ3) is 5.06. The van der Waals surface area contributed by atoms with Crippen LogP contribution in [0, 0.1) is 5.92 Å². The maximum Gasteiger partial charge on any atom is 0.327 e. The number of carbonyl (C=O) groups is 1. The van der Waals surface area contributed by atoms with Crippen molar-refractivity contribution in [1.82, 2.24) is 10.2 Å². The molecule has 0 radical (unpaired) electrons. The molecule has 0 amide bonds. The van der Waals surface area contributed by atoms with E-state index in [9.17, 15) is 4.79 Å². The molecular formula is C16H32N2O2. The Labute approximate surface area is 124 Å². The van der Waals surface area contributed by atoms with E-state index in [0.29, 0.717) is 0 Å². The summed E-state index contributed by atoms with van der Waals surface area (Å²) in [6.07, 6.45) is 5.07. The summed E-state index contributed by atoms with van der Waals surface area (Å²) in [5, 5.41) is 3.38. The summed E-state index contributed by atoms with van der Waals surface area (Å²) in [4.78, 5) is 14.6. The second-order valence-corrected chi connectivity index (χ2v) is 6.60. The van der Waals surface area contributed by atoms with Gasteiger partial charge >= 0.3 is 5.97 Å². The Hall–Kier alpha value is -0.610. The standard InChI is InChI=1S/C16H32N2O2/c1-6-14-8-7-10-18(11-9-14)12-16(4,15(19)20-5)17-13(2)3/h13-14,17H,6-12H2,1-5H3. The molecule has 0 aromatic carbocycles. The van der Waals surface area contributed by atoms with Gasteiger partial charge in [-0.05, 0) is 59.0 Å². The average molecular weight is 284 g/mol. The molecular weight excluding hydrogens is 252 g/mol. The number of nitrogens with zero attached hydrogens (tertiary/aromatic N) is 1. The number of nitrogens with one attached hydrogen (secondary N) is 1. The molecule has 0 saturated carbocycles. The van der Waals surface area contributed by atoms with Crippen molar-refractivity contribution in [2.24, 2.45) is 5.92 Å². The predicted octanol–water partition coefficient (Wildman–Crippen LogP) is 2.43. The first-order valence-corrected chi connectivity index (χ1v) is 7.99. The first-order valence-electron chi connectivity index (χ1n) is 7.99. The van der Waals surface area contributed by atoms with Crippen molar-refractivity contribution in [3.05, 3.63) is 0 Å². The normalized spacial score (nSPS) is 24.2. The van der Waals surface area contributed by atoms with E-state index in [1.54, 1.807) is 0 Å². The van der Waals surface area contributed by atoms with Crippen LogP contribution in [-0.4, -0.2) is 49.2 Å². The molecule has 0 aromatic heterocycles. The van der Waals surface area contributed by atoms with Crippen molar-refractivity contribution in [2.45, 2.75) is 65.0 Å². The lowest BCUT2D eigenvalue weighted by atomic mass is 9.98. The van der Waals surface area contributed by atoms with E-state index < -0.39 is 5.54 Å². The second kappa shape index (κ2) is 7.99. The third-order valence-electron chi connectivity index (χ3n) is 4.30. The van der Waals surface area contributed by atoms with Crippen molar-refractivity contribution in [2.75, 3.05) is 26.7 Å². The van der Waals surface area contributed by atoms with E-state index in [2.05, 4.69) is 31.0 Å². The minimum atomic E-state index is -0.616. The van der Waals surface area contributed by atoms with E-state index in [1.165, 1.54) is 32.8 Å². The minimum absolute atomic E-state index is 0.164. The maximum absolute atomic E-state index is 12.1. The average Bonchev–Trinajstić information content (AvgIpc) is 2.61. The molecule has 2 atom stereocenters. The number of likely N-dealkylation sites (tertiary alicyclic amines) is 1. The van der Waals surface area contributed by atoms with Crippen LogP contribution in [-0.2, 0) is 9.53 Å². The Kier molecular flexibility index (Phi) is 6.96. The summed E-state index contributed by atoms with van der Waals surface area (Å²) < 4.78 is 5.00. The van der Waals surface area contributed by atoms with Crippen LogP contribution in [0.3, 0.4) is 0 Å². The largest absolute Gasteiger partial charge is 0.468 e. The van der Waals surface area contributed by atoms with Gasteiger partial charge in [0.25, 0.3) is 0 Å². The van der Waals surface area contributed by atoms with E-state index in [0.717, 1.165) is 25.6 Å². The predicted molar refractivity (Wildman–Crippen MR) is 82.8 cm³/mol. The van der Waals surface area contributed by atoms with Crippen LogP contribution >= 0.6 is 0 Å². The summed E-state index contributed by atoms with van der Waals surface area (Å²) in [5.41, 5.74) is -0.616. The molecule has 0 bridgehead atoms. The van der Waals surface area contributed by atoms with Gasteiger partial charge in [0.05, 0.1) is 7.11 Å². The number of esters is 1. The van der Waals surface area contributed by atoms with Gasteiger partial charge in [-0.15, -0.1) is 0 Å². The lowest BCUT2D eigenvalue weighted by molar-refractivity contribution is -0.149. The van der Waals surface area contributed by atoms with Crippen LogP contribution in [0.5, 0.6) is 0 Å². The second-order valence-electron chi connectivity index (χ2n) is 6.60. The molecule has 20 heavy (non-hydrogen) atoms. The van der Waals surface area contributed by atoms with Crippen molar-refractivity contribution in [3.8, 4) is 0 Å². The zero-order chi connectivity index (χ0) is 15.2. The highest BCUT2D eigenvalue weighted by Crippen LogP contribution is 2.22. The van der Waals surface area contributed by atoms with E-state index >= 15 is 0 Å². The Morgan fingerprint density at radius 1 is 1.40 bits per heavy atom. The zero-order valence-electron chi connectivity index (χ0n) is 13.9. The smallest absolute Gasteiger partial charge is 0.327 e. The molecule has 0 aliphatic carbocycles. The molecule has 2 unspecified atom stereocenters. The van der Waals surface area contributed by atoms with E-state index in [-0.39, 0.29) is 12.0 Å². The summed E-state index contributed by atoms with van der Waals surface area (Å²) in [5.74, 6) is 0.685. The third-order valence-corrected chi connectivity index (χ3v) is 4.30. The van der Waals surface area contributed by atoms with Crippen molar-refractivity contribution >= 4 is 5.97 Å². The number of ether oxygens (including phenoxy) is 1. The van der Waals surface area contributed by atoms with Gasteiger partial charge in [-0.25, -0.2) is 0 Å². The van der Waals surface area contributed by atoms with Gasteiger partial charge in [0.15, 0.2) is 0 Å². The van der Waals surface area contributed by atoms with Gasteiger partial charge in [0.1, 0.15) is 5.54 Å². The van der Waals surface area contributed by atoms with Crippen LogP contribution in [0.4, 0.5) is 0 Å². The highest BCUT2D eigenvalue weighted by atomic mass is 16.5. The molecule has 1 saturated heterocycles. The Bertz CT molecular complexity index is 307. The minimum Gasteiger partial charge on any atom is -0.468 e. The van der Waals surface area contributed by atoms with Gasteiger partial charge in [-0.2, -0.15) is 0 Å². The summed E-state index contributed by atoms with van der Waals surface area (Å²) in [6, 6.07) is 0.259. The molecule has 0 spiro atoms. The first kappa shape index (κ1) is 17.4. The van der Waals surface area contributed by atoms with Crippen molar-refractivity contribution in [3.63, 3.8) is 0 Å². The molecule has 1 fully saturated rings. The molecule has 1 rings (SSSR count). The Morgan fingerprint density at radius 3 is 2.65 bits per heavy atom. The molecule has 4 nitrogen and oxygen atoms in total. The lowest BCUT2D eigenvalue weighted by Gasteiger charge is -2.35. The molecule has 4 heteroatoms. The fraction of sp³-hybridized carbons (Fsp3) is 0.938. The van der Waals surface area contributed by atoms with Gasteiger partial charge < -0.3 is 9.64 Å². The van der Waals surface area contributed by atoms with Gasteiger partial charge in [0.2, 0.25) is 0 Å². The number of hydrogen-bond acceptors (Lipinski definition) is 4. The number of carbonyl (C=O) groups excluding carboxylic acids is 1. The fourth-order valence-electron chi connectivity index (χ4n) is 3.27. The van der Waals surface area contributed by atoms with Crippen LogP contribution in [0.15, 0.2) is 0 Å². The van der Waals surface area contributed by atoms with Gasteiger partial charge in [-0.3, -0.25) is 10.1 Å². The van der Waals surface area contributed by atoms with Gasteiger partial charge in [-0.1, -0.05) is 13.3 Å². The first-order chi connectivity index (χ1) is 9.41. The lowest BCUT2D eigenvalue weighted by Crippen LogP contribution is -2.59. The summed E-state index contributed by atoms with van der Waals surface area (Å²) >= 11 is 0. The highest BCUT2D eigenvalue weighted by Gasteiger charge is 2.37. The fourth-order valence-corrected chi connectivity index (χ4v) is 3.27. The Morgan fingerprint density at radius 2 is 2.10 bits per heavy atom. The van der Waals surface area contributed by atoms with E-state index in [1.807, 2.05) is 6.92 Å². The highest BCUT2D eigenvalue weighted by molar-refractivity contribution is 5.80. The molecule has 1 aliphatic rings. The summed E-state index contributed by atoms with van der Waals surface area (Å²) in [7, 11) is 1.47. The SMILES string of the molecule is CCC1CCCN(CC(C)(NC(C)C)C(=O)OC)CC1. The monoisotopic (exact) mass is 284 g/mol. The molecule has 1 aliphatic heterocycles. The van der Waals surface area contributed by atoms with Crippen molar-refractivity contribution < 1.29 is 9.53 Å². The zero-order valence-corrected chi connectivity index (χ0v) is 13.9. The van der Waals surface area contributed by atoms with Crippen LogP contribution in [0.2, 0.25) is 0 Å².